The Morgan fingerprint density at radius 1 is 0.886 bits per heavy atom. The molecule has 0 aliphatic carbocycles. The van der Waals surface area contributed by atoms with Crippen LogP contribution in [0, 0.1) is 0 Å². The lowest BCUT2D eigenvalue weighted by molar-refractivity contribution is -0.117. The van der Waals surface area contributed by atoms with Gasteiger partial charge in [-0.05, 0) is 47.5 Å². The number of Topliss-reactive ketones (excluding diaryl/α,β-unsaturated/α-hetero) is 1. The lowest BCUT2D eigenvalue weighted by Gasteiger charge is -2.12. The maximum Gasteiger partial charge on any atom is 0.162 e. The SMILES string of the molecule is COc1cc2nccc(Oc3ccc(CC(=S)CC(=O)Cc4cccc(Cl)c4)cc3)c2cc1OC. The first-order chi connectivity index (χ1) is 16.9. The zero-order valence-electron chi connectivity index (χ0n) is 19.4. The highest BCUT2D eigenvalue weighted by Crippen LogP contribution is 2.36. The Bertz CT molecular complexity index is 1370. The average molecular weight is 506 g/mol. The minimum atomic E-state index is 0.0776. The summed E-state index contributed by atoms with van der Waals surface area (Å²) in [6.07, 6.45) is 2.82. The highest BCUT2D eigenvalue weighted by atomic mass is 35.5. The molecular formula is C28H24ClNO4S. The second-order valence-electron chi connectivity index (χ2n) is 8.02. The second-order valence-corrected chi connectivity index (χ2v) is 9.03. The Morgan fingerprint density at radius 2 is 1.63 bits per heavy atom. The van der Waals surface area contributed by atoms with E-state index in [1.165, 1.54) is 0 Å². The van der Waals surface area contributed by atoms with Gasteiger partial charge in [-0.25, -0.2) is 0 Å². The molecule has 4 rings (SSSR count). The van der Waals surface area contributed by atoms with E-state index in [2.05, 4.69) is 4.98 Å². The first kappa shape index (κ1) is 24.6. The molecular weight excluding hydrogens is 482 g/mol. The van der Waals surface area contributed by atoms with Crippen LogP contribution >= 0.6 is 23.8 Å². The van der Waals surface area contributed by atoms with E-state index in [1.54, 1.807) is 32.5 Å². The van der Waals surface area contributed by atoms with E-state index in [9.17, 15) is 4.79 Å². The number of fused-ring (bicyclic) bond motifs is 1. The van der Waals surface area contributed by atoms with Crippen LogP contribution in [0.25, 0.3) is 10.9 Å². The second kappa shape index (κ2) is 11.3. The number of thiocarbonyl (C=S) groups is 1. The number of pyridine rings is 1. The van der Waals surface area contributed by atoms with Crippen molar-refractivity contribution in [2.24, 2.45) is 0 Å². The molecule has 0 aliphatic heterocycles. The molecule has 0 spiro atoms. The molecule has 4 aromatic rings. The summed E-state index contributed by atoms with van der Waals surface area (Å²) in [5, 5.41) is 1.44. The van der Waals surface area contributed by atoms with Crippen LogP contribution in [-0.4, -0.2) is 29.9 Å². The summed E-state index contributed by atoms with van der Waals surface area (Å²) in [7, 11) is 3.18. The lowest BCUT2D eigenvalue weighted by atomic mass is 10.0. The Morgan fingerprint density at radius 3 is 2.34 bits per heavy atom. The van der Waals surface area contributed by atoms with Crippen LogP contribution in [0.3, 0.4) is 0 Å². The standard InChI is InChI=1S/C28H24ClNO4S/c1-32-27-16-24-25(17-28(27)33-2)30-11-10-26(24)34-22-8-6-18(7-9-22)14-23(35)15-21(31)13-19-4-3-5-20(29)12-19/h3-12,16-17H,13-15H2,1-2H3. The minimum Gasteiger partial charge on any atom is -0.493 e. The number of hydrogen-bond acceptors (Lipinski definition) is 6. The lowest BCUT2D eigenvalue weighted by Crippen LogP contribution is -2.10. The summed E-state index contributed by atoms with van der Waals surface area (Å²) in [4.78, 5) is 17.5. The Kier molecular flexibility index (Phi) is 7.95. The summed E-state index contributed by atoms with van der Waals surface area (Å²) < 4.78 is 16.9. The number of halogens is 1. The van der Waals surface area contributed by atoms with Crippen molar-refractivity contribution in [1.82, 2.24) is 4.98 Å². The number of ether oxygens (including phenoxy) is 3. The topological polar surface area (TPSA) is 57.7 Å². The van der Waals surface area contributed by atoms with Gasteiger partial charge < -0.3 is 14.2 Å². The summed E-state index contributed by atoms with van der Waals surface area (Å²) in [5.74, 6) is 2.63. The van der Waals surface area contributed by atoms with Crippen LogP contribution in [0.2, 0.25) is 5.02 Å². The van der Waals surface area contributed by atoms with Gasteiger partial charge in [0.1, 0.15) is 17.3 Å². The molecule has 0 atom stereocenters. The van der Waals surface area contributed by atoms with Gasteiger partial charge in [0.2, 0.25) is 0 Å². The van der Waals surface area contributed by atoms with Crippen LogP contribution < -0.4 is 14.2 Å². The first-order valence-corrected chi connectivity index (χ1v) is 11.8. The molecule has 7 heteroatoms. The number of hydrogen-bond donors (Lipinski definition) is 0. The van der Waals surface area contributed by atoms with Crippen molar-refractivity contribution >= 4 is 45.4 Å². The number of methoxy groups -OCH3 is 2. The first-order valence-electron chi connectivity index (χ1n) is 11.0. The van der Waals surface area contributed by atoms with Crippen molar-refractivity contribution in [3.63, 3.8) is 0 Å². The fourth-order valence-corrected chi connectivity index (χ4v) is 4.33. The van der Waals surface area contributed by atoms with Crippen LogP contribution in [0.1, 0.15) is 17.5 Å². The molecule has 0 unspecified atom stereocenters. The Hall–Kier alpha value is -3.48. The molecule has 0 aliphatic rings. The third-order valence-corrected chi connectivity index (χ3v) is 5.97. The van der Waals surface area contributed by atoms with Gasteiger partial charge in [0.05, 0.1) is 19.7 Å². The van der Waals surface area contributed by atoms with Gasteiger partial charge >= 0.3 is 0 Å². The highest BCUT2D eigenvalue weighted by Gasteiger charge is 2.12. The molecule has 1 heterocycles. The quantitative estimate of drug-likeness (QED) is 0.221. The number of benzene rings is 3. The predicted octanol–water partition coefficient (Wildman–Crippen LogP) is 6.81. The fraction of sp³-hybridized carbons (Fsp3) is 0.179. The Labute approximate surface area is 214 Å². The monoisotopic (exact) mass is 505 g/mol. The van der Waals surface area contributed by atoms with Gasteiger partial charge in [0, 0.05) is 46.8 Å². The van der Waals surface area contributed by atoms with Crippen molar-refractivity contribution < 1.29 is 19.0 Å². The maximum absolute atomic E-state index is 12.4. The van der Waals surface area contributed by atoms with E-state index in [1.807, 2.05) is 54.6 Å². The van der Waals surface area contributed by atoms with Crippen molar-refractivity contribution in [1.29, 1.82) is 0 Å². The van der Waals surface area contributed by atoms with Crippen LogP contribution in [-0.2, 0) is 17.6 Å². The van der Waals surface area contributed by atoms with E-state index in [0.29, 0.717) is 45.7 Å². The molecule has 5 nitrogen and oxygen atoms in total. The smallest absolute Gasteiger partial charge is 0.162 e. The molecule has 1 aromatic heterocycles. The molecule has 0 bridgehead atoms. The third kappa shape index (κ3) is 6.35. The van der Waals surface area contributed by atoms with Crippen molar-refractivity contribution in [2.45, 2.75) is 19.3 Å². The van der Waals surface area contributed by atoms with Crippen molar-refractivity contribution in [3.8, 4) is 23.0 Å². The summed E-state index contributed by atoms with van der Waals surface area (Å²) >= 11 is 11.5. The molecule has 0 saturated carbocycles. The minimum absolute atomic E-state index is 0.0776. The number of nitrogens with zero attached hydrogens (tertiary/aromatic N) is 1. The molecule has 0 amide bonds. The largest absolute Gasteiger partial charge is 0.493 e. The van der Waals surface area contributed by atoms with Crippen molar-refractivity contribution in [2.75, 3.05) is 14.2 Å². The highest BCUT2D eigenvalue weighted by molar-refractivity contribution is 7.80. The van der Waals surface area contributed by atoms with Gasteiger partial charge in [-0.3, -0.25) is 9.78 Å². The van der Waals surface area contributed by atoms with Gasteiger partial charge in [0.25, 0.3) is 0 Å². The molecule has 35 heavy (non-hydrogen) atoms. The fourth-order valence-electron chi connectivity index (χ4n) is 3.79. The van der Waals surface area contributed by atoms with E-state index in [4.69, 9.17) is 38.0 Å². The van der Waals surface area contributed by atoms with E-state index in [-0.39, 0.29) is 12.2 Å². The Balaban J connectivity index is 1.40. The molecule has 0 fully saturated rings. The zero-order valence-corrected chi connectivity index (χ0v) is 21.0. The average Bonchev–Trinajstić information content (AvgIpc) is 2.84. The summed E-state index contributed by atoms with van der Waals surface area (Å²) in [6, 6.07) is 20.5. The molecule has 0 N–H and O–H groups in total. The van der Waals surface area contributed by atoms with E-state index in [0.717, 1.165) is 22.0 Å². The zero-order chi connectivity index (χ0) is 24.8. The summed E-state index contributed by atoms with van der Waals surface area (Å²) in [5.41, 5.74) is 2.65. The molecule has 0 radical (unpaired) electrons. The van der Waals surface area contributed by atoms with Crippen LogP contribution in [0.4, 0.5) is 0 Å². The number of aromatic nitrogens is 1. The predicted molar refractivity (Wildman–Crippen MR) is 142 cm³/mol. The number of carbonyl (C=O) groups excluding carboxylic acids is 1. The van der Waals surface area contributed by atoms with E-state index >= 15 is 0 Å². The molecule has 0 saturated heterocycles. The normalized spacial score (nSPS) is 10.7. The number of carbonyl (C=O) groups is 1. The number of rotatable bonds is 10. The van der Waals surface area contributed by atoms with Crippen LogP contribution in [0.15, 0.2) is 72.9 Å². The number of ketones is 1. The third-order valence-electron chi connectivity index (χ3n) is 5.44. The van der Waals surface area contributed by atoms with Gasteiger partial charge in [-0.2, -0.15) is 0 Å². The van der Waals surface area contributed by atoms with Gasteiger partial charge in [-0.15, -0.1) is 0 Å². The molecule has 178 valence electrons. The summed E-state index contributed by atoms with van der Waals surface area (Å²) in [6.45, 7) is 0. The van der Waals surface area contributed by atoms with Crippen molar-refractivity contribution in [3.05, 3.63) is 89.1 Å². The maximum atomic E-state index is 12.4. The van der Waals surface area contributed by atoms with Gasteiger partial charge in [-0.1, -0.05) is 48.1 Å². The van der Waals surface area contributed by atoms with Crippen LogP contribution in [0.5, 0.6) is 23.0 Å². The van der Waals surface area contributed by atoms with E-state index < -0.39 is 0 Å². The molecule has 3 aromatic carbocycles. The van der Waals surface area contributed by atoms with Gasteiger partial charge in [0.15, 0.2) is 11.5 Å².